The third-order valence-electron chi connectivity index (χ3n) is 5.24. The molecule has 0 saturated carbocycles. The summed E-state index contributed by atoms with van der Waals surface area (Å²) < 4.78 is 13.3. The highest BCUT2D eigenvalue weighted by Gasteiger charge is 2.31. The van der Waals surface area contributed by atoms with Crippen molar-refractivity contribution in [2.24, 2.45) is 0 Å². The Morgan fingerprint density at radius 2 is 2.03 bits per heavy atom. The number of amides is 3. The molecule has 1 aliphatic rings. The van der Waals surface area contributed by atoms with Crippen molar-refractivity contribution in [3.8, 4) is 0 Å². The fourth-order valence-electron chi connectivity index (χ4n) is 3.42. The second kappa shape index (κ2) is 9.45. The number of fused-ring (bicyclic) bond motifs is 1. The predicted molar refractivity (Wildman–Crippen MR) is 119 cm³/mol. The molecule has 0 bridgehead atoms. The van der Waals surface area contributed by atoms with Crippen molar-refractivity contribution in [1.29, 1.82) is 0 Å². The largest absolute Gasteiger partial charge is 0.325 e. The van der Waals surface area contributed by atoms with E-state index in [1.807, 2.05) is 6.92 Å². The lowest BCUT2D eigenvalue weighted by molar-refractivity contribution is -0.123. The summed E-state index contributed by atoms with van der Waals surface area (Å²) in [4.78, 5) is 41.1. The van der Waals surface area contributed by atoms with Crippen molar-refractivity contribution in [1.82, 2.24) is 4.90 Å². The summed E-state index contributed by atoms with van der Waals surface area (Å²) in [6.07, 6.45) is 0.172. The first-order chi connectivity index (χ1) is 14.7. The van der Waals surface area contributed by atoms with E-state index >= 15 is 0 Å². The standard InChI is InChI=1S/C22H24ClFN4O3/c1-13-10-20(29)26-18-6-4-5-7-19(18)28(13)21(30)12-27(3)14(2)22(31)25-15-8-9-17(24)16(23)11-15/h4-9,11,13-14H,10,12H2,1-3H3,(H,25,31)(H,26,29). The number of carbonyl (C=O) groups excluding carboxylic acids is 3. The maximum atomic E-state index is 13.3. The van der Waals surface area contributed by atoms with Crippen molar-refractivity contribution >= 4 is 46.4 Å². The summed E-state index contributed by atoms with van der Waals surface area (Å²) in [5.74, 6) is -1.33. The van der Waals surface area contributed by atoms with Gasteiger partial charge in [0, 0.05) is 18.2 Å². The highest BCUT2D eigenvalue weighted by Crippen LogP contribution is 2.31. The smallest absolute Gasteiger partial charge is 0.241 e. The maximum Gasteiger partial charge on any atom is 0.241 e. The van der Waals surface area contributed by atoms with Crippen LogP contribution in [0.3, 0.4) is 0 Å². The molecule has 0 aromatic heterocycles. The molecule has 31 heavy (non-hydrogen) atoms. The first kappa shape index (κ1) is 22.7. The van der Waals surface area contributed by atoms with Gasteiger partial charge in [0.05, 0.1) is 29.0 Å². The van der Waals surface area contributed by atoms with Gasteiger partial charge in [-0.3, -0.25) is 19.3 Å². The van der Waals surface area contributed by atoms with Gasteiger partial charge >= 0.3 is 0 Å². The Morgan fingerprint density at radius 3 is 2.74 bits per heavy atom. The lowest BCUT2D eigenvalue weighted by Crippen LogP contribution is -2.48. The topological polar surface area (TPSA) is 81.8 Å². The van der Waals surface area contributed by atoms with E-state index in [0.717, 1.165) is 0 Å². The Morgan fingerprint density at radius 1 is 1.32 bits per heavy atom. The monoisotopic (exact) mass is 446 g/mol. The number of benzene rings is 2. The van der Waals surface area contributed by atoms with Crippen LogP contribution in [-0.2, 0) is 14.4 Å². The van der Waals surface area contributed by atoms with Gasteiger partial charge in [0.25, 0.3) is 0 Å². The number of para-hydroxylation sites is 2. The minimum Gasteiger partial charge on any atom is -0.325 e. The number of likely N-dealkylation sites (N-methyl/N-ethyl adjacent to an activating group) is 1. The van der Waals surface area contributed by atoms with Crippen molar-refractivity contribution < 1.29 is 18.8 Å². The molecule has 2 N–H and O–H groups in total. The number of carbonyl (C=O) groups is 3. The first-order valence-corrected chi connectivity index (χ1v) is 10.2. The fraction of sp³-hybridized carbons (Fsp3) is 0.318. The van der Waals surface area contributed by atoms with Crippen LogP contribution in [0.5, 0.6) is 0 Å². The van der Waals surface area contributed by atoms with Crippen LogP contribution in [0.25, 0.3) is 0 Å². The van der Waals surface area contributed by atoms with Gasteiger partial charge in [-0.15, -0.1) is 0 Å². The molecule has 2 unspecified atom stereocenters. The van der Waals surface area contributed by atoms with Crippen LogP contribution in [0.4, 0.5) is 21.5 Å². The van der Waals surface area contributed by atoms with Gasteiger partial charge in [-0.25, -0.2) is 4.39 Å². The first-order valence-electron chi connectivity index (χ1n) is 9.84. The van der Waals surface area contributed by atoms with E-state index in [4.69, 9.17) is 11.6 Å². The van der Waals surface area contributed by atoms with Crippen LogP contribution in [0, 0.1) is 5.82 Å². The van der Waals surface area contributed by atoms with E-state index in [0.29, 0.717) is 17.1 Å². The zero-order valence-corrected chi connectivity index (χ0v) is 18.2. The molecular weight excluding hydrogens is 423 g/mol. The van der Waals surface area contributed by atoms with Gasteiger partial charge in [-0.1, -0.05) is 23.7 Å². The third-order valence-corrected chi connectivity index (χ3v) is 5.53. The number of anilines is 3. The normalized spacial score (nSPS) is 16.9. The fourth-order valence-corrected chi connectivity index (χ4v) is 3.60. The molecule has 2 aromatic rings. The summed E-state index contributed by atoms with van der Waals surface area (Å²) in [6.45, 7) is 3.44. The molecule has 0 aliphatic carbocycles. The van der Waals surface area contributed by atoms with Gasteiger partial charge < -0.3 is 15.5 Å². The molecule has 7 nitrogen and oxygen atoms in total. The van der Waals surface area contributed by atoms with Gasteiger partial charge in [-0.05, 0) is 51.2 Å². The van der Waals surface area contributed by atoms with Crippen LogP contribution in [-0.4, -0.2) is 48.3 Å². The maximum absolute atomic E-state index is 13.3. The molecule has 0 radical (unpaired) electrons. The Bertz CT molecular complexity index is 1020. The zero-order chi connectivity index (χ0) is 22.7. The van der Waals surface area contributed by atoms with Crippen LogP contribution in [0.2, 0.25) is 5.02 Å². The number of hydrogen-bond donors (Lipinski definition) is 2. The molecule has 2 aromatic carbocycles. The quantitative estimate of drug-likeness (QED) is 0.736. The Hall–Kier alpha value is -2.97. The molecule has 3 rings (SSSR count). The van der Waals surface area contributed by atoms with Crippen LogP contribution in [0.1, 0.15) is 20.3 Å². The lowest BCUT2D eigenvalue weighted by Gasteiger charge is -2.31. The minimum atomic E-state index is -0.648. The van der Waals surface area contributed by atoms with Crippen LogP contribution >= 0.6 is 11.6 Å². The van der Waals surface area contributed by atoms with Gasteiger partial charge in [0.1, 0.15) is 5.82 Å². The van der Waals surface area contributed by atoms with E-state index in [1.54, 1.807) is 48.0 Å². The third kappa shape index (κ3) is 5.21. The molecule has 1 aliphatic heterocycles. The Balaban J connectivity index is 1.70. The minimum absolute atomic E-state index is 0.0361. The van der Waals surface area contributed by atoms with Gasteiger partial charge in [-0.2, -0.15) is 0 Å². The van der Waals surface area contributed by atoms with Crippen molar-refractivity contribution in [3.05, 3.63) is 53.3 Å². The molecule has 1 heterocycles. The molecule has 0 saturated heterocycles. The second-order valence-electron chi connectivity index (χ2n) is 7.59. The summed E-state index contributed by atoms with van der Waals surface area (Å²) >= 11 is 5.76. The van der Waals surface area contributed by atoms with Gasteiger partial charge in [0.15, 0.2) is 0 Å². The van der Waals surface area contributed by atoms with Crippen LogP contribution < -0.4 is 15.5 Å². The molecule has 3 amide bonds. The zero-order valence-electron chi connectivity index (χ0n) is 17.5. The van der Waals surface area contributed by atoms with E-state index in [2.05, 4.69) is 10.6 Å². The number of nitrogens with zero attached hydrogens (tertiary/aromatic N) is 2. The average Bonchev–Trinajstić information content (AvgIpc) is 2.84. The van der Waals surface area contributed by atoms with E-state index < -0.39 is 11.9 Å². The molecule has 9 heteroatoms. The van der Waals surface area contributed by atoms with E-state index in [-0.39, 0.29) is 41.8 Å². The van der Waals surface area contributed by atoms with Crippen LogP contribution in [0.15, 0.2) is 42.5 Å². The predicted octanol–water partition coefficient (Wildman–Crippen LogP) is 3.50. The number of rotatable bonds is 5. The summed E-state index contributed by atoms with van der Waals surface area (Å²) in [7, 11) is 1.66. The summed E-state index contributed by atoms with van der Waals surface area (Å²) in [6, 6.07) is 10.0. The van der Waals surface area contributed by atoms with E-state index in [1.165, 1.54) is 18.2 Å². The molecule has 0 spiro atoms. The van der Waals surface area contributed by atoms with Gasteiger partial charge in [0.2, 0.25) is 17.7 Å². The molecule has 2 atom stereocenters. The lowest BCUT2D eigenvalue weighted by atomic mass is 10.1. The highest BCUT2D eigenvalue weighted by atomic mass is 35.5. The number of nitrogens with one attached hydrogen (secondary N) is 2. The van der Waals surface area contributed by atoms with E-state index in [9.17, 15) is 18.8 Å². The number of halogens is 2. The summed E-state index contributed by atoms with van der Waals surface area (Å²) in [5, 5.41) is 5.40. The highest BCUT2D eigenvalue weighted by molar-refractivity contribution is 6.31. The summed E-state index contributed by atoms with van der Waals surface area (Å²) in [5.41, 5.74) is 1.56. The average molecular weight is 447 g/mol. The molecular formula is C22H24ClFN4O3. The SMILES string of the molecule is CC(C(=O)Nc1ccc(F)c(Cl)c1)N(C)CC(=O)N1c2ccccc2NC(=O)CC1C. The Labute approximate surface area is 185 Å². The van der Waals surface area contributed by atoms with Crippen molar-refractivity contribution in [3.63, 3.8) is 0 Å². The Kier molecular flexibility index (Phi) is 6.92. The second-order valence-corrected chi connectivity index (χ2v) is 8.00. The molecule has 0 fully saturated rings. The van der Waals surface area contributed by atoms with Crippen molar-refractivity contribution in [2.45, 2.75) is 32.4 Å². The van der Waals surface area contributed by atoms with Crippen molar-refractivity contribution in [2.75, 3.05) is 29.1 Å². The molecule has 164 valence electrons. The number of hydrogen-bond acceptors (Lipinski definition) is 4.